The number of hydrogen-bond donors (Lipinski definition) is 0. The number of hydrogen-bond acceptors (Lipinski definition) is 3. The van der Waals surface area contributed by atoms with Crippen molar-refractivity contribution in [1.82, 2.24) is 4.90 Å². The van der Waals surface area contributed by atoms with Gasteiger partial charge in [0.2, 0.25) is 5.91 Å². The lowest BCUT2D eigenvalue weighted by atomic mass is 9.98. The molecule has 1 aromatic rings. The smallest absolute Gasteiger partial charge is 0.240 e. The minimum atomic E-state index is -0.656. The summed E-state index contributed by atoms with van der Waals surface area (Å²) in [4.78, 5) is 13.9. The van der Waals surface area contributed by atoms with Crippen molar-refractivity contribution >= 4 is 5.91 Å². The highest BCUT2D eigenvalue weighted by Crippen LogP contribution is 2.21. The molecule has 1 amide bonds. The van der Waals surface area contributed by atoms with Crippen molar-refractivity contribution in [2.75, 3.05) is 20.2 Å². The number of methoxy groups -OCH3 is 1. The SMILES string of the molecule is CCN(CC)C(=O)C(C#N)Cc1ccccc1OC. The highest BCUT2D eigenvalue weighted by molar-refractivity contribution is 5.81. The van der Waals surface area contributed by atoms with Crippen LogP contribution in [0.15, 0.2) is 24.3 Å². The van der Waals surface area contributed by atoms with E-state index < -0.39 is 5.92 Å². The Bertz CT molecular complexity index is 461. The molecule has 1 rings (SSSR count). The van der Waals surface area contributed by atoms with Crippen LogP contribution in [-0.4, -0.2) is 31.0 Å². The second kappa shape index (κ2) is 7.42. The van der Waals surface area contributed by atoms with E-state index in [0.29, 0.717) is 19.5 Å². The van der Waals surface area contributed by atoms with Gasteiger partial charge >= 0.3 is 0 Å². The van der Waals surface area contributed by atoms with Gasteiger partial charge in [0.05, 0.1) is 13.2 Å². The lowest BCUT2D eigenvalue weighted by molar-refractivity contribution is -0.133. The summed E-state index contributed by atoms with van der Waals surface area (Å²) in [5, 5.41) is 9.22. The van der Waals surface area contributed by atoms with E-state index in [1.165, 1.54) is 0 Å². The van der Waals surface area contributed by atoms with Crippen molar-refractivity contribution < 1.29 is 9.53 Å². The summed E-state index contributed by atoms with van der Waals surface area (Å²) < 4.78 is 5.25. The molecular weight excluding hydrogens is 240 g/mol. The molecule has 0 spiro atoms. The van der Waals surface area contributed by atoms with E-state index in [0.717, 1.165) is 11.3 Å². The summed E-state index contributed by atoms with van der Waals surface area (Å²) in [7, 11) is 1.59. The summed E-state index contributed by atoms with van der Waals surface area (Å²) in [6.45, 7) is 5.08. The van der Waals surface area contributed by atoms with Crippen LogP contribution in [0.2, 0.25) is 0 Å². The van der Waals surface area contributed by atoms with Gasteiger partial charge < -0.3 is 9.64 Å². The van der Waals surface area contributed by atoms with Gasteiger partial charge in [-0.05, 0) is 25.5 Å². The number of nitriles is 1. The third-order valence-corrected chi connectivity index (χ3v) is 3.15. The molecule has 0 aliphatic rings. The molecule has 4 heteroatoms. The van der Waals surface area contributed by atoms with Gasteiger partial charge in [-0.15, -0.1) is 0 Å². The predicted molar refractivity (Wildman–Crippen MR) is 73.7 cm³/mol. The van der Waals surface area contributed by atoms with Crippen molar-refractivity contribution in [2.24, 2.45) is 5.92 Å². The third kappa shape index (κ3) is 3.72. The van der Waals surface area contributed by atoms with Gasteiger partial charge in [-0.3, -0.25) is 4.79 Å². The van der Waals surface area contributed by atoms with Crippen LogP contribution in [0.5, 0.6) is 5.75 Å². The summed E-state index contributed by atoms with van der Waals surface area (Å²) in [6.07, 6.45) is 0.385. The number of ether oxygens (including phenoxy) is 1. The topological polar surface area (TPSA) is 53.3 Å². The van der Waals surface area contributed by atoms with Crippen LogP contribution in [0, 0.1) is 17.2 Å². The molecule has 0 N–H and O–H groups in total. The molecule has 1 atom stereocenters. The van der Waals surface area contributed by atoms with E-state index in [1.807, 2.05) is 38.1 Å². The second-order valence-electron chi connectivity index (χ2n) is 4.21. The number of carbonyl (C=O) groups excluding carboxylic acids is 1. The Morgan fingerprint density at radius 2 is 2.00 bits per heavy atom. The average Bonchev–Trinajstić information content (AvgIpc) is 2.46. The number of nitrogens with zero attached hydrogens (tertiary/aromatic N) is 2. The molecule has 0 heterocycles. The van der Waals surface area contributed by atoms with Crippen LogP contribution in [0.3, 0.4) is 0 Å². The van der Waals surface area contributed by atoms with Gasteiger partial charge in [0.15, 0.2) is 0 Å². The van der Waals surface area contributed by atoms with Gasteiger partial charge in [-0.2, -0.15) is 5.26 Å². The van der Waals surface area contributed by atoms with E-state index >= 15 is 0 Å². The highest BCUT2D eigenvalue weighted by atomic mass is 16.5. The first-order chi connectivity index (χ1) is 9.17. The Morgan fingerprint density at radius 3 is 2.53 bits per heavy atom. The molecule has 0 saturated heterocycles. The zero-order valence-corrected chi connectivity index (χ0v) is 11.7. The van der Waals surface area contributed by atoms with Crippen molar-refractivity contribution in [3.05, 3.63) is 29.8 Å². The molecule has 0 saturated carbocycles. The van der Waals surface area contributed by atoms with E-state index in [4.69, 9.17) is 4.74 Å². The van der Waals surface area contributed by atoms with Crippen LogP contribution in [-0.2, 0) is 11.2 Å². The Labute approximate surface area is 114 Å². The summed E-state index contributed by atoms with van der Waals surface area (Å²) >= 11 is 0. The lowest BCUT2D eigenvalue weighted by Crippen LogP contribution is -2.36. The first-order valence-electron chi connectivity index (χ1n) is 6.48. The molecular formula is C15H20N2O2. The van der Waals surface area contributed by atoms with Crippen LogP contribution >= 0.6 is 0 Å². The molecule has 0 aliphatic carbocycles. The maximum Gasteiger partial charge on any atom is 0.240 e. The molecule has 0 fully saturated rings. The van der Waals surface area contributed by atoms with E-state index in [9.17, 15) is 10.1 Å². The summed E-state index contributed by atoms with van der Waals surface area (Å²) in [6, 6.07) is 9.58. The number of para-hydroxylation sites is 1. The largest absolute Gasteiger partial charge is 0.496 e. The van der Waals surface area contributed by atoms with Crippen molar-refractivity contribution in [2.45, 2.75) is 20.3 Å². The number of carbonyl (C=O) groups is 1. The van der Waals surface area contributed by atoms with Crippen molar-refractivity contribution in [1.29, 1.82) is 5.26 Å². The second-order valence-corrected chi connectivity index (χ2v) is 4.21. The van der Waals surface area contributed by atoms with Crippen LogP contribution in [0.25, 0.3) is 0 Å². The molecule has 4 nitrogen and oxygen atoms in total. The van der Waals surface area contributed by atoms with Crippen LogP contribution < -0.4 is 4.74 Å². The first kappa shape index (κ1) is 15.0. The monoisotopic (exact) mass is 260 g/mol. The number of rotatable bonds is 6. The minimum absolute atomic E-state index is 0.113. The van der Waals surface area contributed by atoms with Crippen LogP contribution in [0.1, 0.15) is 19.4 Å². The molecule has 0 aliphatic heterocycles. The quantitative estimate of drug-likeness (QED) is 0.788. The van der Waals surface area contributed by atoms with Gasteiger partial charge in [0, 0.05) is 19.5 Å². The summed E-state index contributed by atoms with van der Waals surface area (Å²) in [5.74, 6) is -0.0512. The molecule has 1 aromatic carbocycles. The van der Waals surface area contributed by atoms with E-state index in [2.05, 4.69) is 6.07 Å². The Balaban J connectivity index is 2.88. The molecule has 0 radical (unpaired) electrons. The van der Waals surface area contributed by atoms with E-state index in [1.54, 1.807) is 12.0 Å². The Hall–Kier alpha value is -2.02. The van der Waals surface area contributed by atoms with Crippen molar-refractivity contribution in [3.8, 4) is 11.8 Å². The summed E-state index contributed by atoms with van der Waals surface area (Å²) in [5.41, 5.74) is 0.886. The zero-order valence-electron chi connectivity index (χ0n) is 11.7. The fourth-order valence-corrected chi connectivity index (χ4v) is 2.04. The standard InChI is InChI=1S/C15H20N2O2/c1-4-17(5-2)15(18)13(11-16)10-12-8-6-7-9-14(12)19-3/h6-9,13H,4-5,10H2,1-3H3. The Morgan fingerprint density at radius 1 is 1.37 bits per heavy atom. The Kier molecular flexibility index (Phi) is 5.87. The van der Waals surface area contributed by atoms with Gasteiger partial charge in [-0.25, -0.2) is 0 Å². The molecule has 0 bridgehead atoms. The van der Waals surface area contributed by atoms with E-state index in [-0.39, 0.29) is 5.91 Å². The zero-order chi connectivity index (χ0) is 14.3. The van der Waals surface area contributed by atoms with Gasteiger partial charge in [0.1, 0.15) is 11.7 Å². The minimum Gasteiger partial charge on any atom is -0.496 e. The third-order valence-electron chi connectivity index (χ3n) is 3.15. The first-order valence-corrected chi connectivity index (χ1v) is 6.48. The van der Waals surface area contributed by atoms with Crippen LogP contribution in [0.4, 0.5) is 0 Å². The number of amides is 1. The predicted octanol–water partition coefficient (Wildman–Crippen LogP) is 2.25. The maximum absolute atomic E-state index is 12.2. The number of benzene rings is 1. The molecule has 19 heavy (non-hydrogen) atoms. The maximum atomic E-state index is 12.2. The molecule has 0 aromatic heterocycles. The fourth-order valence-electron chi connectivity index (χ4n) is 2.04. The lowest BCUT2D eigenvalue weighted by Gasteiger charge is -2.21. The molecule has 1 unspecified atom stereocenters. The normalized spacial score (nSPS) is 11.5. The molecule has 102 valence electrons. The van der Waals surface area contributed by atoms with Gasteiger partial charge in [0.25, 0.3) is 0 Å². The average molecular weight is 260 g/mol. The van der Waals surface area contributed by atoms with Crippen molar-refractivity contribution in [3.63, 3.8) is 0 Å². The highest BCUT2D eigenvalue weighted by Gasteiger charge is 2.23. The van der Waals surface area contributed by atoms with Gasteiger partial charge in [-0.1, -0.05) is 18.2 Å². The fraction of sp³-hybridized carbons (Fsp3) is 0.467.